The van der Waals surface area contributed by atoms with E-state index in [1.54, 1.807) is 7.11 Å². The number of ether oxygens (including phenoxy) is 2. The van der Waals surface area contributed by atoms with E-state index in [9.17, 15) is 0 Å². The zero-order valence-corrected chi connectivity index (χ0v) is 16.3. The summed E-state index contributed by atoms with van der Waals surface area (Å²) in [4.78, 5) is 6.81. The minimum atomic E-state index is 0.537. The predicted molar refractivity (Wildman–Crippen MR) is 113 cm³/mol. The van der Waals surface area contributed by atoms with Gasteiger partial charge in [-0.05, 0) is 48.5 Å². The molecule has 0 bridgehead atoms. The van der Waals surface area contributed by atoms with Crippen molar-refractivity contribution in [3.8, 4) is 22.8 Å². The average molecular weight is 387 g/mol. The molecule has 1 aliphatic rings. The normalized spacial score (nSPS) is 13.1. The smallest absolute Gasteiger partial charge is 0.247 e. The molecule has 2 aromatic heterocycles. The van der Waals surface area contributed by atoms with Crippen molar-refractivity contribution in [3.63, 3.8) is 0 Å². The second-order valence-corrected chi connectivity index (χ2v) is 6.92. The number of likely N-dealkylation sites (N-methyl/N-ethyl adjacent to an activating group) is 1. The van der Waals surface area contributed by atoms with Crippen molar-refractivity contribution in [2.24, 2.45) is 0 Å². The Morgan fingerprint density at radius 3 is 2.76 bits per heavy atom. The first kappa shape index (κ1) is 17.4. The molecule has 7 nitrogen and oxygen atoms in total. The van der Waals surface area contributed by atoms with Crippen molar-refractivity contribution in [2.45, 2.75) is 0 Å². The minimum absolute atomic E-state index is 0.537. The number of benzene rings is 2. The molecule has 1 N–H and O–H groups in total. The molecule has 3 heterocycles. The summed E-state index contributed by atoms with van der Waals surface area (Å²) in [5, 5.41) is 7.96. The van der Waals surface area contributed by atoms with Gasteiger partial charge in [0, 0.05) is 24.4 Å². The SMILES string of the molecule is COc1ccc(-c2cccc3nc(Nc4ccc5c(c4)OCCN5C)nn23)cc1. The van der Waals surface area contributed by atoms with Gasteiger partial charge < -0.3 is 19.7 Å². The third-order valence-electron chi connectivity index (χ3n) is 5.06. The first-order valence-corrected chi connectivity index (χ1v) is 9.46. The summed E-state index contributed by atoms with van der Waals surface area (Å²) in [5.74, 6) is 2.23. The maximum absolute atomic E-state index is 5.79. The fourth-order valence-electron chi connectivity index (χ4n) is 3.50. The second kappa shape index (κ2) is 7.01. The number of nitrogens with one attached hydrogen (secondary N) is 1. The van der Waals surface area contributed by atoms with E-state index in [4.69, 9.17) is 9.47 Å². The number of hydrogen-bond donors (Lipinski definition) is 1. The number of nitrogens with zero attached hydrogens (tertiary/aromatic N) is 4. The highest BCUT2D eigenvalue weighted by molar-refractivity contribution is 5.69. The van der Waals surface area contributed by atoms with Gasteiger partial charge in [0.05, 0.1) is 25.0 Å². The lowest BCUT2D eigenvalue weighted by Crippen LogP contribution is -2.28. The van der Waals surface area contributed by atoms with Gasteiger partial charge in [-0.3, -0.25) is 0 Å². The van der Waals surface area contributed by atoms with E-state index in [0.29, 0.717) is 12.6 Å². The van der Waals surface area contributed by atoms with Crippen LogP contribution in [0.15, 0.2) is 60.7 Å². The summed E-state index contributed by atoms with van der Waals surface area (Å²) in [6.07, 6.45) is 0. The highest BCUT2D eigenvalue weighted by Gasteiger charge is 2.16. The van der Waals surface area contributed by atoms with E-state index in [0.717, 1.165) is 46.3 Å². The lowest BCUT2D eigenvalue weighted by Gasteiger charge is -2.27. The van der Waals surface area contributed by atoms with Crippen LogP contribution in [0.2, 0.25) is 0 Å². The van der Waals surface area contributed by atoms with Crippen LogP contribution in [0.4, 0.5) is 17.3 Å². The average Bonchev–Trinajstić information content (AvgIpc) is 3.16. The summed E-state index contributed by atoms with van der Waals surface area (Å²) < 4.78 is 12.9. The van der Waals surface area contributed by atoms with Gasteiger partial charge in [0.1, 0.15) is 18.1 Å². The van der Waals surface area contributed by atoms with Crippen molar-refractivity contribution >= 4 is 23.0 Å². The van der Waals surface area contributed by atoms with Gasteiger partial charge in [0.15, 0.2) is 5.65 Å². The standard InChI is InChI=1S/C22H21N5O2/c1-26-12-13-29-20-14-16(8-11-19(20)26)23-22-24-21-5-3-4-18(27(21)25-22)15-6-9-17(28-2)10-7-15/h3-11,14H,12-13H2,1-2H3,(H,23,25). The molecule has 0 amide bonds. The molecular formula is C22H21N5O2. The molecule has 2 aromatic carbocycles. The number of hydrogen-bond acceptors (Lipinski definition) is 6. The molecule has 0 fully saturated rings. The Labute approximate surface area is 168 Å². The molecule has 1 aliphatic heterocycles. The van der Waals surface area contributed by atoms with E-state index >= 15 is 0 Å². The zero-order chi connectivity index (χ0) is 19.8. The van der Waals surface area contributed by atoms with Crippen LogP contribution in [-0.2, 0) is 0 Å². The first-order valence-electron chi connectivity index (χ1n) is 9.46. The molecule has 4 aromatic rings. The molecule has 0 radical (unpaired) electrons. The van der Waals surface area contributed by atoms with Crippen LogP contribution in [0.25, 0.3) is 16.9 Å². The van der Waals surface area contributed by atoms with Crippen LogP contribution in [-0.4, -0.2) is 41.9 Å². The fraction of sp³-hybridized carbons (Fsp3) is 0.182. The van der Waals surface area contributed by atoms with Gasteiger partial charge in [-0.15, -0.1) is 5.10 Å². The molecular weight excluding hydrogens is 366 g/mol. The summed E-state index contributed by atoms with van der Waals surface area (Å²) >= 11 is 0. The monoisotopic (exact) mass is 387 g/mol. The van der Waals surface area contributed by atoms with Crippen molar-refractivity contribution in [1.29, 1.82) is 0 Å². The van der Waals surface area contributed by atoms with Crippen molar-refractivity contribution < 1.29 is 9.47 Å². The third kappa shape index (κ3) is 3.20. The number of anilines is 3. The molecule has 0 atom stereocenters. The molecule has 0 saturated heterocycles. The van der Waals surface area contributed by atoms with Crippen molar-refractivity contribution in [2.75, 3.05) is 37.5 Å². The van der Waals surface area contributed by atoms with Gasteiger partial charge in [-0.25, -0.2) is 4.52 Å². The number of aromatic nitrogens is 3. The van der Waals surface area contributed by atoms with E-state index in [1.807, 2.05) is 59.1 Å². The Balaban J connectivity index is 1.47. The van der Waals surface area contributed by atoms with Crippen LogP contribution in [0.5, 0.6) is 11.5 Å². The molecule has 146 valence electrons. The Morgan fingerprint density at radius 2 is 1.93 bits per heavy atom. The lowest BCUT2D eigenvalue weighted by atomic mass is 10.1. The molecule has 0 aliphatic carbocycles. The topological polar surface area (TPSA) is 63.9 Å². The van der Waals surface area contributed by atoms with Crippen LogP contribution in [0.1, 0.15) is 0 Å². The summed E-state index contributed by atoms with van der Waals surface area (Å²) in [5.41, 5.74) is 4.75. The fourth-order valence-corrected chi connectivity index (χ4v) is 3.50. The molecule has 29 heavy (non-hydrogen) atoms. The molecule has 7 heteroatoms. The molecule has 5 rings (SSSR count). The van der Waals surface area contributed by atoms with Crippen LogP contribution in [0, 0.1) is 0 Å². The summed E-state index contributed by atoms with van der Waals surface area (Å²) in [6.45, 7) is 1.58. The zero-order valence-electron chi connectivity index (χ0n) is 16.3. The summed E-state index contributed by atoms with van der Waals surface area (Å²) in [7, 11) is 3.73. The van der Waals surface area contributed by atoms with E-state index < -0.39 is 0 Å². The number of rotatable bonds is 4. The van der Waals surface area contributed by atoms with E-state index in [1.165, 1.54) is 0 Å². The highest BCUT2D eigenvalue weighted by atomic mass is 16.5. The quantitative estimate of drug-likeness (QED) is 0.572. The largest absolute Gasteiger partial charge is 0.497 e. The van der Waals surface area contributed by atoms with Crippen LogP contribution >= 0.6 is 0 Å². The van der Waals surface area contributed by atoms with Gasteiger partial charge in [-0.2, -0.15) is 4.98 Å². The molecule has 0 spiro atoms. The Kier molecular flexibility index (Phi) is 4.20. The molecule has 0 unspecified atom stereocenters. The number of pyridine rings is 1. The van der Waals surface area contributed by atoms with E-state index in [2.05, 4.69) is 33.4 Å². The number of methoxy groups -OCH3 is 1. The van der Waals surface area contributed by atoms with Gasteiger partial charge in [0.25, 0.3) is 0 Å². The van der Waals surface area contributed by atoms with Crippen molar-refractivity contribution in [1.82, 2.24) is 14.6 Å². The highest BCUT2D eigenvalue weighted by Crippen LogP contribution is 2.34. The Hall–Kier alpha value is -3.74. The minimum Gasteiger partial charge on any atom is -0.497 e. The maximum Gasteiger partial charge on any atom is 0.247 e. The second-order valence-electron chi connectivity index (χ2n) is 6.92. The van der Waals surface area contributed by atoms with Gasteiger partial charge in [0.2, 0.25) is 5.95 Å². The lowest BCUT2D eigenvalue weighted by molar-refractivity contribution is 0.311. The third-order valence-corrected chi connectivity index (χ3v) is 5.06. The van der Waals surface area contributed by atoms with Gasteiger partial charge in [-0.1, -0.05) is 6.07 Å². The van der Waals surface area contributed by atoms with Crippen LogP contribution in [0.3, 0.4) is 0 Å². The van der Waals surface area contributed by atoms with Crippen molar-refractivity contribution in [3.05, 3.63) is 60.7 Å². The summed E-state index contributed by atoms with van der Waals surface area (Å²) in [6, 6.07) is 19.9. The number of fused-ring (bicyclic) bond motifs is 2. The van der Waals surface area contributed by atoms with Gasteiger partial charge >= 0.3 is 0 Å². The maximum atomic E-state index is 5.79. The van der Waals surface area contributed by atoms with E-state index in [-0.39, 0.29) is 0 Å². The van der Waals surface area contributed by atoms with Crippen LogP contribution < -0.4 is 19.7 Å². The first-order chi connectivity index (χ1) is 14.2. The Morgan fingerprint density at radius 1 is 1.07 bits per heavy atom. The Bertz CT molecular complexity index is 1170. The molecule has 0 saturated carbocycles. The predicted octanol–water partition coefficient (Wildman–Crippen LogP) is 3.98.